The summed E-state index contributed by atoms with van der Waals surface area (Å²) in [4.78, 5) is 97.7. The number of thioether (sulfide) groups is 2. The fraction of sp³-hybridized carbons (Fsp3) is 0.782. The molecule has 0 bridgehead atoms. The Morgan fingerprint density at radius 2 is 0.448 bits per heavy atom. The van der Waals surface area contributed by atoms with Gasteiger partial charge in [-0.25, -0.2) is 14.4 Å². The Balaban J connectivity index is -0.0000000153. The molecule has 0 aromatic heterocycles. The molecule has 0 unspecified atom stereocenters. The van der Waals surface area contributed by atoms with Crippen LogP contribution in [0.1, 0.15) is 153 Å². The van der Waals surface area contributed by atoms with Gasteiger partial charge in [-0.3, -0.25) is 28.8 Å². The SMILES string of the molecule is C.C.C.C.C.C.C.C.C.C.C.C.C.C.C.CC(C)=O.CNC.CNC(=O)NC.CNC(=O)OC.CNC(=O)OC.CNC(=O)SC.CNC(=O)SC.CNC(=S)OC.CNC(=S)OC.CNC(C)=O.CNC(C)=O.COC.COC(C)=O.COC(C)=O. The van der Waals surface area contributed by atoms with Crippen LogP contribution in [0.5, 0.6) is 0 Å². The zero-order valence-electron chi connectivity index (χ0n) is 48.1. The molecule has 8 amide bonds. The first-order chi connectivity index (χ1) is 33.3. The highest BCUT2D eigenvalue weighted by Crippen LogP contribution is 1.89. The van der Waals surface area contributed by atoms with Gasteiger partial charge in [-0.05, 0) is 64.9 Å². The van der Waals surface area contributed by atoms with Crippen LogP contribution in [0.15, 0.2) is 0 Å². The van der Waals surface area contributed by atoms with Crippen LogP contribution >= 0.6 is 48.0 Å². The zero-order chi connectivity index (χ0) is 61.1. The van der Waals surface area contributed by atoms with Crippen molar-refractivity contribution in [1.29, 1.82) is 0 Å². The molecule has 0 aromatic rings. The van der Waals surface area contributed by atoms with Gasteiger partial charge in [0.2, 0.25) is 11.8 Å². The smallest absolute Gasteiger partial charge is 0.406 e. The molecule has 0 saturated heterocycles. The highest BCUT2D eigenvalue weighted by atomic mass is 32.2. The lowest BCUT2D eigenvalue weighted by Crippen LogP contribution is -2.28. The molecule has 0 saturated carbocycles. The van der Waals surface area contributed by atoms with Gasteiger partial charge in [0, 0.05) is 112 Å². The molecule has 0 aromatic carbocycles. The lowest BCUT2D eigenvalue weighted by molar-refractivity contribution is -0.138. The van der Waals surface area contributed by atoms with Gasteiger partial charge in [0.25, 0.3) is 20.8 Å². The van der Waals surface area contributed by atoms with Gasteiger partial charge in [0.05, 0.1) is 42.7 Å². The molecular weight excluding hydrogens is 1210 g/mol. The van der Waals surface area contributed by atoms with E-state index in [-0.39, 0.29) is 157 Å². The van der Waals surface area contributed by atoms with Crippen molar-refractivity contribution in [2.24, 2.45) is 0 Å². The summed E-state index contributed by atoms with van der Waals surface area (Å²) in [5.41, 5.74) is 0. The van der Waals surface area contributed by atoms with E-state index in [4.69, 9.17) is 0 Å². The summed E-state index contributed by atoms with van der Waals surface area (Å²) < 4.78 is 29.8. The summed E-state index contributed by atoms with van der Waals surface area (Å²) in [6.45, 7) is 8.72. The summed E-state index contributed by atoms with van der Waals surface area (Å²) in [6.07, 6.45) is 2.66. The highest BCUT2D eigenvalue weighted by molar-refractivity contribution is 8.13. The number of hydrogen-bond acceptors (Lipinski definition) is 22. The average Bonchev–Trinajstić information content (AvgIpc) is 3.38. The molecular formula is C55H155N11O17S4. The third-order valence-corrected chi connectivity index (χ3v) is 5.96. The van der Waals surface area contributed by atoms with E-state index in [0.29, 0.717) is 10.3 Å². The molecule has 0 rings (SSSR count). The van der Waals surface area contributed by atoms with Gasteiger partial charge >= 0.3 is 30.2 Å². The molecule has 0 aliphatic rings. The predicted octanol–water partition coefficient (Wildman–Crippen LogP) is 11.2. The summed E-state index contributed by atoms with van der Waals surface area (Å²) >= 11 is 11.4. The standard InChI is InChI=1S/C3H8N2O.2C3H7NO2.4C3H7NOS.2C3H7NO.2C3H6O2.C3H6O.C2H7N.C2H6O.15CH4/c1-4-3(6)5-2;4*1-4-3(5)6-2;2*1-4-3(6)5-2;2*1-3(5)4-2;2*1-3(4)5-2;1-3(2)4;2*1-3-2;;;;;;;;;;;;;;;/h1-2H3,(H2,4,5,6);4*1-2H3,(H,4,5);2*1-2H3,(H,4,6);2*1-2H3,(H,4,5);2*1-2H3;1-2H3;3H,1-2H3;1-2H3;15*1H4. The van der Waals surface area contributed by atoms with Crippen LogP contribution < -0.4 is 58.5 Å². The maximum Gasteiger partial charge on any atom is 0.406 e. The van der Waals surface area contributed by atoms with Crippen molar-refractivity contribution in [3.05, 3.63) is 0 Å². The number of carbonyl (C=O) groups excluding carboxylic acids is 10. The first-order valence-corrected chi connectivity index (χ1v) is 22.9. The number of thiocarbonyl (C=S) groups is 2. The minimum Gasteiger partial charge on any atom is -0.474 e. The summed E-state index contributed by atoms with van der Waals surface area (Å²) in [5, 5.41) is 27.8. The normalized spacial score (nSPS) is 5.75. The van der Waals surface area contributed by atoms with Crippen molar-refractivity contribution in [1.82, 2.24) is 58.5 Å². The van der Waals surface area contributed by atoms with Crippen molar-refractivity contribution >= 4 is 117 Å². The minimum absolute atomic E-state index is 0. The van der Waals surface area contributed by atoms with Crippen molar-refractivity contribution < 1.29 is 81.1 Å². The number of Topliss-reactive ketones (excluding diaryl/α,β-unsaturated/α-hetero) is 1. The number of amides is 8. The van der Waals surface area contributed by atoms with Gasteiger partial charge in [0.15, 0.2) is 0 Å². The number of rotatable bonds is 0. The summed E-state index contributed by atoms with van der Waals surface area (Å²) in [5.74, 6) is -0.315. The van der Waals surface area contributed by atoms with E-state index < -0.39 is 12.2 Å². The molecule has 0 aliphatic heterocycles. The lowest BCUT2D eigenvalue weighted by atomic mass is 10.6. The van der Waals surface area contributed by atoms with Crippen molar-refractivity contribution in [3.8, 4) is 0 Å². The molecule has 87 heavy (non-hydrogen) atoms. The van der Waals surface area contributed by atoms with Gasteiger partial charge in [0.1, 0.15) is 5.78 Å². The number of ether oxygens (including phenoxy) is 7. The van der Waals surface area contributed by atoms with Crippen molar-refractivity contribution in [2.45, 2.75) is 153 Å². The van der Waals surface area contributed by atoms with Crippen LogP contribution in [0.2, 0.25) is 0 Å². The Hall–Kier alpha value is -5.70. The largest absolute Gasteiger partial charge is 0.474 e. The second-order valence-electron chi connectivity index (χ2n) is 10.1. The van der Waals surface area contributed by atoms with Crippen LogP contribution in [0.4, 0.5) is 24.0 Å². The highest BCUT2D eigenvalue weighted by Gasteiger charge is 1.87. The van der Waals surface area contributed by atoms with Crippen LogP contribution in [0, 0.1) is 0 Å². The van der Waals surface area contributed by atoms with Gasteiger partial charge in [-0.2, -0.15) is 0 Å². The zero-order valence-corrected chi connectivity index (χ0v) is 51.3. The van der Waals surface area contributed by atoms with E-state index in [1.807, 2.05) is 14.1 Å². The fourth-order valence-corrected chi connectivity index (χ4v) is 1.15. The van der Waals surface area contributed by atoms with E-state index in [1.54, 1.807) is 83.1 Å². The number of nitrogens with one attached hydrogen (secondary N) is 11. The second kappa shape index (κ2) is 200. The van der Waals surface area contributed by atoms with Crippen LogP contribution in [0.25, 0.3) is 0 Å². The Kier molecular flexibility index (Phi) is 440. The van der Waals surface area contributed by atoms with Crippen LogP contribution in [-0.2, 0) is 57.1 Å². The number of esters is 2. The molecule has 0 atom stereocenters. The van der Waals surface area contributed by atoms with E-state index >= 15 is 0 Å². The average molecular weight is 1370 g/mol. The Bertz CT molecular complexity index is 1020. The number of carbonyl (C=O) groups is 10. The summed E-state index contributed by atoms with van der Waals surface area (Å²) in [6, 6.07) is -0.157. The monoisotopic (exact) mass is 1370 g/mol. The predicted molar refractivity (Wildman–Crippen MR) is 400 cm³/mol. The van der Waals surface area contributed by atoms with E-state index in [0.717, 1.165) is 0 Å². The molecule has 556 valence electrons. The molecule has 11 N–H and O–H groups in total. The molecule has 0 fully saturated rings. The maximum atomic E-state index is 10.0. The number of alkyl carbamates (subject to hydrolysis) is 2. The third kappa shape index (κ3) is 536. The van der Waals surface area contributed by atoms with Gasteiger partial charge in [-0.15, -0.1) is 0 Å². The number of hydrogen-bond donors (Lipinski definition) is 11. The number of ketones is 1. The number of urea groups is 1. The minimum atomic E-state index is -0.407. The van der Waals surface area contributed by atoms with E-state index in [2.05, 4.69) is 116 Å². The second-order valence-corrected chi connectivity index (χ2v) is 12.4. The van der Waals surface area contributed by atoms with Crippen LogP contribution in [-0.4, -0.2) is 223 Å². The van der Waals surface area contributed by atoms with Crippen molar-refractivity contribution in [2.75, 3.05) is 154 Å². The Labute approximate surface area is 560 Å². The molecule has 0 spiro atoms. The molecule has 0 heterocycles. The van der Waals surface area contributed by atoms with Gasteiger partial charge < -0.3 is 96.4 Å². The summed E-state index contributed by atoms with van der Waals surface area (Å²) in [7, 11) is 31.4. The lowest BCUT2D eigenvalue weighted by Gasteiger charge is -1.95. The Morgan fingerprint density at radius 1 is 0.299 bits per heavy atom. The van der Waals surface area contributed by atoms with E-state index in [9.17, 15) is 47.9 Å². The topological polar surface area (TPSA) is 368 Å². The molecule has 0 radical (unpaired) electrons. The molecule has 32 heteroatoms. The Morgan fingerprint density at radius 3 is 0.448 bits per heavy atom. The third-order valence-electron chi connectivity index (χ3n) is 4.07. The van der Waals surface area contributed by atoms with Gasteiger partial charge in [-0.1, -0.05) is 135 Å². The maximum absolute atomic E-state index is 10.0. The van der Waals surface area contributed by atoms with E-state index in [1.165, 1.54) is 122 Å². The first-order valence-electron chi connectivity index (χ1n) is 19.7. The number of methoxy groups -OCH3 is 7. The fourth-order valence-electron chi connectivity index (χ4n) is 0.737. The molecule has 28 nitrogen and oxygen atoms in total. The van der Waals surface area contributed by atoms with Crippen LogP contribution in [0.3, 0.4) is 0 Å². The first kappa shape index (κ1) is 192. The molecule has 0 aliphatic carbocycles. The quantitative estimate of drug-likeness (QED) is 0.0610. The van der Waals surface area contributed by atoms with Crippen molar-refractivity contribution in [3.63, 3.8) is 0 Å².